The van der Waals surface area contributed by atoms with Gasteiger partial charge < -0.3 is 15.3 Å². The van der Waals surface area contributed by atoms with Gasteiger partial charge in [-0.25, -0.2) is 0 Å². The highest BCUT2D eigenvalue weighted by Crippen LogP contribution is 2.27. The third-order valence-corrected chi connectivity index (χ3v) is 4.33. The predicted octanol–water partition coefficient (Wildman–Crippen LogP) is 4.26. The van der Waals surface area contributed by atoms with Gasteiger partial charge in [0.2, 0.25) is 6.34 Å². The van der Waals surface area contributed by atoms with Gasteiger partial charge in [0.15, 0.2) is 0 Å². The molecule has 24 heavy (non-hydrogen) atoms. The first kappa shape index (κ1) is 22.4. The quantitative estimate of drug-likeness (QED) is 0.200. The van der Waals surface area contributed by atoms with Crippen molar-refractivity contribution in [1.29, 1.82) is 0 Å². The number of nitrogens with zero attached hydrogens (tertiary/aromatic N) is 2. The van der Waals surface area contributed by atoms with Crippen LogP contribution >= 0.6 is 0 Å². The summed E-state index contributed by atoms with van der Waals surface area (Å²) < 4.78 is 2.54. The standard InChI is InChI=1S/C18H34N2.NO3/c1-4-7-8-9-10-11-14-18(12-5-2,13-6-3)20-16-15-19-17-20;2-1(3)4/h11,14,17H,4-10,12-13,15-16H2,1-3H3;/q;-1/p+1. The molecule has 0 aliphatic carbocycles. The largest absolute Gasteiger partial charge is 0.356 e. The van der Waals surface area contributed by atoms with Crippen LogP contribution in [0, 0.1) is 15.3 Å². The van der Waals surface area contributed by atoms with Crippen molar-refractivity contribution in [1.82, 2.24) is 5.32 Å². The molecule has 0 aromatic rings. The molecule has 0 bridgehead atoms. The van der Waals surface area contributed by atoms with Crippen LogP contribution in [-0.2, 0) is 0 Å². The molecule has 140 valence electrons. The highest BCUT2D eigenvalue weighted by atomic mass is 16.9. The summed E-state index contributed by atoms with van der Waals surface area (Å²) in [6, 6.07) is 0. The van der Waals surface area contributed by atoms with E-state index in [9.17, 15) is 0 Å². The van der Waals surface area contributed by atoms with Crippen molar-refractivity contribution in [2.45, 2.75) is 84.1 Å². The molecular formula is C18H35N3O3. The summed E-state index contributed by atoms with van der Waals surface area (Å²) in [4.78, 5) is 8.25. The fourth-order valence-corrected chi connectivity index (χ4v) is 3.31. The van der Waals surface area contributed by atoms with Gasteiger partial charge in [-0.2, -0.15) is 0 Å². The first-order valence-corrected chi connectivity index (χ1v) is 9.35. The van der Waals surface area contributed by atoms with Gasteiger partial charge in [0, 0.05) is 0 Å². The molecule has 0 atom stereocenters. The van der Waals surface area contributed by atoms with E-state index in [-0.39, 0.29) is 5.54 Å². The van der Waals surface area contributed by atoms with Crippen molar-refractivity contribution < 1.29 is 9.66 Å². The normalized spacial score (nSPS) is 14.0. The summed E-state index contributed by atoms with van der Waals surface area (Å²) >= 11 is 0. The Bertz CT molecular complexity index is 385. The zero-order chi connectivity index (χ0) is 18.3. The summed E-state index contributed by atoms with van der Waals surface area (Å²) in [5.74, 6) is 0. The molecule has 0 aromatic carbocycles. The van der Waals surface area contributed by atoms with Crippen molar-refractivity contribution in [3.63, 3.8) is 0 Å². The molecule has 0 saturated heterocycles. The number of hydrogen-bond donors (Lipinski definition) is 1. The van der Waals surface area contributed by atoms with Gasteiger partial charge in [0.25, 0.3) is 0 Å². The molecule has 0 fully saturated rings. The second-order valence-electron chi connectivity index (χ2n) is 6.36. The SMILES string of the molecule is CCCCCCC=CC(CCC)(CCC)[N+]1=CNCC1.O=[N+]([O-])[O-]. The smallest absolute Gasteiger partial charge is 0.232 e. The molecule has 0 unspecified atom stereocenters. The summed E-state index contributed by atoms with van der Waals surface area (Å²) in [5.41, 5.74) is 0.262. The highest BCUT2D eigenvalue weighted by molar-refractivity contribution is 5.50. The number of hydrogen-bond acceptors (Lipinski definition) is 4. The molecule has 0 aromatic heterocycles. The summed E-state index contributed by atoms with van der Waals surface area (Å²) in [7, 11) is 0. The third-order valence-electron chi connectivity index (χ3n) is 4.33. The van der Waals surface area contributed by atoms with Crippen molar-refractivity contribution in [3.8, 4) is 0 Å². The van der Waals surface area contributed by atoms with Crippen molar-refractivity contribution >= 4 is 6.34 Å². The van der Waals surface area contributed by atoms with Gasteiger partial charge in [-0.15, -0.1) is 0 Å². The monoisotopic (exact) mass is 341 g/mol. The molecule has 0 spiro atoms. The summed E-state index contributed by atoms with van der Waals surface area (Å²) in [6.45, 7) is 9.14. The molecule has 0 radical (unpaired) electrons. The maximum Gasteiger partial charge on any atom is 0.232 e. The molecule has 1 rings (SSSR count). The molecular weight excluding hydrogens is 306 g/mol. The summed E-state index contributed by atoms with van der Waals surface area (Å²) in [5, 5.41) is 18.1. The summed E-state index contributed by atoms with van der Waals surface area (Å²) in [6.07, 6.45) is 18.9. The Balaban J connectivity index is 0.00000118. The van der Waals surface area contributed by atoms with Crippen LogP contribution in [-0.4, -0.2) is 34.6 Å². The molecule has 1 N–H and O–H groups in total. The topological polar surface area (TPSA) is 81.2 Å². The second-order valence-corrected chi connectivity index (χ2v) is 6.36. The van der Waals surface area contributed by atoms with Crippen molar-refractivity contribution in [2.24, 2.45) is 0 Å². The minimum Gasteiger partial charge on any atom is -0.356 e. The lowest BCUT2D eigenvalue weighted by atomic mass is 9.87. The predicted molar refractivity (Wildman–Crippen MR) is 100 cm³/mol. The van der Waals surface area contributed by atoms with Gasteiger partial charge in [-0.05, 0) is 31.8 Å². The van der Waals surface area contributed by atoms with Crippen LogP contribution in [0.2, 0.25) is 0 Å². The highest BCUT2D eigenvalue weighted by Gasteiger charge is 2.34. The molecule has 6 heteroatoms. The van der Waals surface area contributed by atoms with E-state index in [1.54, 1.807) is 0 Å². The maximum atomic E-state index is 8.25. The minimum absolute atomic E-state index is 0.262. The second kappa shape index (κ2) is 13.8. The van der Waals surface area contributed by atoms with E-state index in [0.717, 1.165) is 13.1 Å². The first-order valence-electron chi connectivity index (χ1n) is 9.35. The van der Waals surface area contributed by atoms with Crippen molar-refractivity contribution in [2.75, 3.05) is 13.1 Å². The molecule has 0 saturated carbocycles. The van der Waals surface area contributed by atoms with Gasteiger partial charge in [-0.1, -0.05) is 59.0 Å². The first-order chi connectivity index (χ1) is 11.5. The Labute approximate surface area is 146 Å². The fourth-order valence-electron chi connectivity index (χ4n) is 3.31. The lowest BCUT2D eigenvalue weighted by molar-refractivity contribution is -0.586. The number of nitrogens with one attached hydrogen (secondary N) is 1. The third kappa shape index (κ3) is 9.53. The Morgan fingerprint density at radius 1 is 1.12 bits per heavy atom. The Morgan fingerprint density at radius 2 is 1.75 bits per heavy atom. The van der Waals surface area contributed by atoms with Crippen molar-refractivity contribution in [3.05, 3.63) is 27.5 Å². The van der Waals surface area contributed by atoms with Crippen LogP contribution < -0.4 is 5.32 Å². The Kier molecular flexibility index (Phi) is 12.9. The molecule has 1 aliphatic rings. The van der Waals surface area contributed by atoms with Crippen LogP contribution in [0.4, 0.5) is 0 Å². The van der Waals surface area contributed by atoms with Gasteiger partial charge in [-0.3, -0.25) is 9.89 Å². The Morgan fingerprint density at radius 3 is 2.21 bits per heavy atom. The van der Waals surface area contributed by atoms with E-state index in [1.807, 2.05) is 0 Å². The maximum absolute atomic E-state index is 8.25. The van der Waals surface area contributed by atoms with Gasteiger partial charge in [0.05, 0.1) is 5.09 Å². The van der Waals surface area contributed by atoms with E-state index in [1.165, 1.54) is 57.8 Å². The molecule has 1 aliphatic heterocycles. The zero-order valence-corrected chi connectivity index (χ0v) is 15.6. The van der Waals surface area contributed by atoms with Crippen LogP contribution in [0.3, 0.4) is 0 Å². The zero-order valence-electron chi connectivity index (χ0n) is 15.6. The molecule has 1 heterocycles. The average Bonchev–Trinajstić information content (AvgIpc) is 3.05. The van der Waals surface area contributed by atoms with E-state index in [0.29, 0.717) is 0 Å². The van der Waals surface area contributed by atoms with Crippen LogP contribution in [0.15, 0.2) is 12.2 Å². The van der Waals surface area contributed by atoms with Gasteiger partial charge >= 0.3 is 0 Å². The number of rotatable bonds is 11. The number of unbranched alkanes of at least 4 members (excludes halogenated alkanes) is 4. The lowest BCUT2D eigenvalue weighted by Crippen LogP contribution is -2.40. The lowest BCUT2D eigenvalue weighted by Gasteiger charge is -2.29. The van der Waals surface area contributed by atoms with Crippen LogP contribution in [0.1, 0.15) is 78.6 Å². The average molecular weight is 341 g/mol. The van der Waals surface area contributed by atoms with E-state index in [2.05, 4.69) is 49.2 Å². The van der Waals surface area contributed by atoms with Crippen LogP contribution in [0.5, 0.6) is 0 Å². The molecule has 6 nitrogen and oxygen atoms in total. The van der Waals surface area contributed by atoms with Gasteiger partial charge in [0.1, 0.15) is 18.6 Å². The fraction of sp³-hybridized carbons (Fsp3) is 0.833. The van der Waals surface area contributed by atoms with E-state index < -0.39 is 5.09 Å². The molecule has 0 amide bonds. The van der Waals surface area contributed by atoms with E-state index >= 15 is 0 Å². The van der Waals surface area contributed by atoms with Crippen LogP contribution in [0.25, 0.3) is 0 Å². The number of allylic oxidation sites excluding steroid dienone is 1. The minimum atomic E-state index is -1.75. The Hall–Kier alpha value is -1.59. The van der Waals surface area contributed by atoms with E-state index in [4.69, 9.17) is 15.3 Å².